The van der Waals surface area contributed by atoms with Crippen LogP contribution in [0.4, 0.5) is 0 Å². The smallest absolute Gasteiger partial charge is 0.140 e. The molecule has 0 radical (unpaired) electrons. The van der Waals surface area contributed by atoms with Crippen LogP contribution in [0.1, 0.15) is 12.8 Å². The molecular weight excluding hydrogens is 238 g/mol. The fourth-order valence-corrected chi connectivity index (χ4v) is 1.63. The minimum absolute atomic E-state index is 0.414. The number of aromatic nitrogens is 2. The van der Waals surface area contributed by atoms with Crippen LogP contribution in [0.3, 0.4) is 0 Å². The summed E-state index contributed by atoms with van der Waals surface area (Å²) in [4.78, 5) is 8.01. The van der Waals surface area contributed by atoms with Gasteiger partial charge in [-0.3, -0.25) is 0 Å². The molecule has 1 heterocycles. The molecule has 0 fully saturated rings. The SMILES string of the molecule is N#CCCCOc1ccc2ncnc(Cl)c2c1. The third-order valence-corrected chi connectivity index (χ3v) is 2.56. The van der Waals surface area contributed by atoms with Crippen molar-refractivity contribution in [1.82, 2.24) is 9.97 Å². The molecule has 0 spiro atoms. The maximum Gasteiger partial charge on any atom is 0.140 e. The first-order chi connectivity index (χ1) is 8.31. The second-order valence-electron chi connectivity index (χ2n) is 3.45. The molecule has 17 heavy (non-hydrogen) atoms. The minimum atomic E-state index is 0.414. The Labute approximate surface area is 104 Å². The van der Waals surface area contributed by atoms with E-state index < -0.39 is 0 Å². The van der Waals surface area contributed by atoms with Crippen LogP contribution in [0.25, 0.3) is 10.9 Å². The lowest BCUT2D eigenvalue weighted by Gasteiger charge is -2.06. The van der Waals surface area contributed by atoms with Crippen LogP contribution in [0.2, 0.25) is 5.15 Å². The number of ether oxygens (including phenoxy) is 1. The molecule has 2 rings (SSSR count). The van der Waals surface area contributed by atoms with E-state index in [1.165, 1.54) is 6.33 Å². The van der Waals surface area contributed by atoms with Crippen molar-refractivity contribution in [3.8, 4) is 11.8 Å². The van der Waals surface area contributed by atoms with Crippen LogP contribution >= 0.6 is 11.6 Å². The fraction of sp³-hybridized carbons (Fsp3) is 0.250. The van der Waals surface area contributed by atoms with Crippen molar-refractivity contribution in [2.24, 2.45) is 0 Å². The lowest BCUT2D eigenvalue weighted by atomic mass is 10.2. The molecule has 86 valence electrons. The van der Waals surface area contributed by atoms with E-state index in [4.69, 9.17) is 21.6 Å². The molecule has 4 nitrogen and oxygen atoms in total. The Hall–Kier alpha value is -1.86. The van der Waals surface area contributed by atoms with Crippen LogP contribution in [0, 0.1) is 11.3 Å². The van der Waals surface area contributed by atoms with E-state index in [1.54, 1.807) is 0 Å². The number of unbranched alkanes of at least 4 members (excludes halogenated alkanes) is 1. The molecule has 0 aliphatic heterocycles. The minimum Gasteiger partial charge on any atom is -0.494 e. The van der Waals surface area contributed by atoms with E-state index in [1.807, 2.05) is 18.2 Å². The fourth-order valence-electron chi connectivity index (χ4n) is 1.44. The number of nitriles is 1. The number of benzene rings is 1. The van der Waals surface area contributed by atoms with Crippen molar-refractivity contribution in [2.45, 2.75) is 12.8 Å². The largest absolute Gasteiger partial charge is 0.494 e. The van der Waals surface area contributed by atoms with E-state index >= 15 is 0 Å². The van der Waals surface area contributed by atoms with Gasteiger partial charge < -0.3 is 4.74 Å². The van der Waals surface area contributed by atoms with E-state index in [2.05, 4.69) is 16.0 Å². The maximum absolute atomic E-state index is 8.40. The van der Waals surface area contributed by atoms with Gasteiger partial charge in [-0.15, -0.1) is 0 Å². The van der Waals surface area contributed by atoms with Gasteiger partial charge in [0.05, 0.1) is 18.2 Å². The lowest BCUT2D eigenvalue weighted by molar-refractivity contribution is 0.313. The Morgan fingerprint density at radius 3 is 3.06 bits per heavy atom. The van der Waals surface area contributed by atoms with Crippen molar-refractivity contribution in [1.29, 1.82) is 5.26 Å². The van der Waals surface area contributed by atoms with Crippen LogP contribution in [-0.4, -0.2) is 16.6 Å². The van der Waals surface area contributed by atoms with Crippen molar-refractivity contribution < 1.29 is 4.74 Å². The zero-order chi connectivity index (χ0) is 12.1. The van der Waals surface area contributed by atoms with E-state index in [0.717, 1.165) is 10.9 Å². The average molecular weight is 248 g/mol. The van der Waals surface area contributed by atoms with Gasteiger partial charge in [0.2, 0.25) is 0 Å². The Bertz CT molecular complexity index is 565. The average Bonchev–Trinajstić information content (AvgIpc) is 2.36. The normalized spacial score (nSPS) is 10.1. The van der Waals surface area contributed by atoms with E-state index in [-0.39, 0.29) is 0 Å². The van der Waals surface area contributed by atoms with Crippen LogP contribution in [-0.2, 0) is 0 Å². The van der Waals surface area contributed by atoms with Crippen LogP contribution in [0.5, 0.6) is 5.75 Å². The summed E-state index contributed by atoms with van der Waals surface area (Å²) in [6, 6.07) is 7.55. The molecule has 0 aliphatic rings. The molecule has 2 aromatic rings. The first-order valence-corrected chi connectivity index (χ1v) is 5.59. The summed E-state index contributed by atoms with van der Waals surface area (Å²) in [5.74, 6) is 0.715. The molecule has 5 heteroatoms. The third kappa shape index (κ3) is 2.83. The topological polar surface area (TPSA) is 58.8 Å². The highest BCUT2D eigenvalue weighted by atomic mass is 35.5. The molecule has 0 bridgehead atoms. The second kappa shape index (κ2) is 5.46. The van der Waals surface area contributed by atoms with Gasteiger partial charge in [-0.25, -0.2) is 9.97 Å². The number of hydrogen-bond acceptors (Lipinski definition) is 4. The van der Waals surface area contributed by atoms with E-state index in [9.17, 15) is 0 Å². The van der Waals surface area contributed by atoms with Gasteiger partial charge in [-0.2, -0.15) is 5.26 Å². The van der Waals surface area contributed by atoms with Crippen LogP contribution in [0.15, 0.2) is 24.5 Å². The summed E-state index contributed by atoms with van der Waals surface area (Å²) in [5, 5.41) is 9.59. The summed E-state index contributed by atoms with van der Waals surface area (Å²) in [6.45, 7) is 0.518. The quantitative estimate of drug-likeness (QED) is 0.616. The van der Waals surface area contributed by atoms with Crippen molar-refractivity contribution >= 4 is 22.5 Å². The number of halogens is 1. The maximum atomic E-state index is 8.40. The van der Waals surface area contributed by atoms with E-state index in [0.29, 0.717) is 30.4 Å². The first-order valence-electron chi connectivity index (χ1n) is 5.21. The Morgan fingerprint density at radius 1 is 1.35 bits per heavy atom. The molecule has 0 N–H and O–H groups in total. The summed E-state index contributed by atoms with van der Waals surface area (Å²) >= 11 is 5.96. The molecule has 0 amide bonds. The summed E-state index contributed by atoms with van der Waals surface area (Å²) in [6.07, 6.45) is 2.64. The predicted octanol–water partition coefficient (Wildman–Crippen LogP) is 2.97. The van der Waals surface area contributed by atoms with Gasteiger partial charge in [-0.1, -0.05) is 11.6 Å². The first kappa shape index (κ1) is 11.6. The Morgan fingerprint density at radius 2 is 2.24 bits per heavy atom. The number of rotatable bonds is 4. The zero-order valence-electron chi connectivity index (χ0n) is 9.06. The number of hydrogen-bond donors (Lipinski definition) is 0. The van der Waals surface area contributed by atoms with Crippen molar-refractivity contribution in [2.75, 3.05) is 6.61 Å². The molecule has 1 aromatic carbocycles. The summed E-state index contributed by atoms with van der Waals surface area (Å²) in [7, 11) is 0. The van der Waals surface area contributed by atoms with Crippen molar-refractivity contribution in [3.63, 3.8) is 0 Å². The van der Waals surface area contributed by atoms with Gasteiger partial charge in [-0.05, 0) is 24.6 Å². The molecule has 0 unspecified atom stereocenters. The standard InChI is InChI=1S/C12H10ClN3O/c13-12-10-7-9(17-6-2-1-5-14)3-4-11(10)15-8-16-12/h3-4,7-8H,1-2,6H2. The van der Waals surface area contributed by atoms with Gasteiger partial charge in [0.1, 0.15) is 17.2 Å². The number of fused-ring (bicyclic) bond motifs is 1. The second-order valence-corrected chi connectivity index (χ2v) is 3.81. The third-order valence-electron chi connectivity index (χ3n) is 2.26. The molecule has 0 atom stereocenters. The highest BCUT2D eigenvalue weighted by Crippen LogP contribution is 2.24. The molecule has 0 saturated carbocycles. The Balaban J connectivity index is 2.14. The van der Waals surface area contributed by atoms with Gasteiger partial charge in [0, 0.05) is 11.8 Å². The molecular formula is C12H10ClN3O. The summed E-state index contributed by atoms with van der Waals surface area (Å²) in [5.41, 5.74) is 0.786. The van der Waals surface area contributed by atoms with Gasteiger partial charge >= 0.3 is 0 Å². The van der Waals surface area contributed by atoms with Crippen LogP contribution < -0.4 is 4.74 Å². The zero-order valence-corrected chi connectivity index (χ0v) is 9.81. The molecule has 1 aromatic heterocycles. The van der Waals surface area contributed by atoms with Crippen molar-refractivity contribution in [3.05, 3.63) is 29.7 Å². The molecule has 0 aliphatic carbocycles. The highest BCUT2D eigenvalue weighted by molar-refractivity contribution is 6.34. The lowest BCUT2D eigenvalue weighted by Crippen LogP contribution is -1.96. The summed E-state index contributed by atoms with van der Waals surface area (Å²) < 4.78 is 5.51. The van der Waals surface area contributed by atoms with Gasteiger partial charge in [0.25, 0.3) is 0 Å². The molecule has 0 saturated heterocycles. The highest BCUT2D eigenvalue weighted by Gasteiger charge is 2.03. The Kier molecular flexibility index (Phi) is 3.73. The number of nitrogens with zero attached hydrogens (tertiary/aromatic N) is 3. The predicted molar refractivity (Wildman–Crippen MR) is 64.9 cm³/mol. The monoisotopic (exact) mass is 247 g/mol. The van der Waals surface area contributed by atoms with Gasteiger partial charge in [0.15, 0.2) is 0 Å².